The van der Waals surface area contributed by atoms with Gasteiger partial charge in [0.05, 0.1) is 0 Å². The van der Waals surface area contributed by atoms with Crippen molar-refractivity contribution in [3.8, 4) is 0 Å². The normalized spacial score (nSPS) is 9.64. The summed E-state index contributed by atoms with van der Waals surface area (Å²) in [5.74, 6) is 4.70. The number of halogens is 1. The molecule has 4 N–H and O–H groups in total. The summed E-state index contributed by atoms with van der Waals surface area (Å²) in [4.78, 5) is 2.32. The van der Waals surface area contributed by atoms with Gasteiger partial charge in [0.2, 0.25) is 0 Å². The van der Waals surface area contributed by atoms with Crippen molar-refractivity contribution < 1.29 is 4.39 Å². The highest BCUT2D eigenvalue weighted by atomic mass is 32.2. The van der Waals surface area contributed by atoms with Crippen LogP contribution in [0, 0.1) is 5.82 Å². The second-order valence-electron chi connectivity index (χ2n) is 1.83. The smallest absolute Gasteiger partial charge is 0.125 e. The lowest BCUT2D eigenvalue weighted by Gasteiger charge is -2.01. The summed E-state index contributed by atoms with van der Waals surface area (Å²) in [5, 5.41) is 0. The first-order chi connectivity index (χ1) is 5.33. The fourth-order valence-electron chi connectivity index (χ4n) is 0.640. The van der Waals surface area contributed by atoms with E-state index in [1.807, 2.05) is 0 Å². The van der Waals surface area contributed by atoms with Crippen molar-refractivity contribution in [2.24, 2.45) is 5.84 Å². The zero-order valence-corrected chi connectivity index (χ0v) is 6.49. The van der Waals surface area contributed by atoms with Crippen LogP contribution >= 0.6 is 12.1 Å². The molecule has 0 aliphatic carbocycles. The Morgan fingerprint density at radius 2 is 2.27 bits per heavy atom. The van der Waals surface area contributed by atoms with E-state index in [2.05, 4.69) is 9.55 Å². The van der Waals surface area contributed by atoms with Crippen LogP contribution in [0.5, 0.6) is 0 Å². The molecule has 0 unspecified atom stereocenters. The zero-order valence-electron chi connectivity index (χ0n) is 5.67. The molecule has 1 aromatic carbocycles. The molecule has 0 aliphatic rings. The van der Waals surface area contributed by atoms with Gasteiger partial charge in [-0.1, -0.05) is 6.07 Å². The average Bonchev–Trinajstić information content (AvgIpc) is 2.01. The summed E-state index contributed by atoms with van der Waals surface area (Å²) < 4.78 is 15.3. The van der Waals surface area contributed by atoms with Crippen LogP contribution in [-0.2, 0) is 0 Å². The minimum absolute atomic E-state index is 0.271. The molecule has 0 bridgehead atoms. The predicted molar refractivity (Wildman–Crippen MR) is 44.9 cm³/mol. The highest BCUT2D eigenvalue weighted by molar-refractivity contribution is 7.98. The van der Waals surface area contributed by atoms with Crippen LogP contribution in [0.3, 0.4) is 0 Å². The molecule has 0 radical (unpaired) electrons. The number of benzene rings is 1. The number of hydrazine groups is 1. The Morgan fingerprint density at radius 1 is 1.45 bits per heavy atom. The van der Waals surface area contributed by atoms with Gasteiger partial charge in [-0.3, -0.25) is 5.84 Å². The maximum atomic E-state index is 12.5. The van der Waals surface area contributed by atoms with E-state index in [9.17, 15) is 4.39 Å². The van der Waals surface area contributed by atoms with E-state index >= 15 is 0 Å². The SMILES string of the molecule is NNSNc1cccc(F)c1. The van der Waals surface area contributed by atoms with E-state index in [1.165, 1.54) is 12.1 Å². The molecule has 0 spiro atoms. The van der Waals surface area contributed by atoms with Crippen LogP contribution < -0.4 is 15.4 Å². The first-order valence-electron chi connectivity index (χ1n) is 2.96. The van der Waals surface area contributed by atoms with Gasteiger partial charge in [-0.25, -0.2) is 4.39 Å². The van der Waals surface area contributed by atoms with E-state index in [1.54, 1.807) is 12.1 Å². The van der Waals surface area contributed by atoms with E-state index < -0.39 is 0 Å². The fourth-order valence-corrected chi connectivity index (χ4v) is 0.944. The van der Waals surface area contributed by atoms with Crippen LogP contribution in [0.15, 0.2) is 24.3 Å². The van der Waals surface area contributed by atoms with Crippen molar-refractivity contribution in [2.45, 2.75) is 0 Å². The van der Waals surface area contributed by atoms with Gasteiger partial charge in [-0.2, -0.15) is 4.83 Å². The number of anilines is 1. The largest absolute Gasteiger partial charge is 0.316 e. The molecule has 0 heterocycles. The van der Waals surface area contributed by atoms with Crippen LogP contribution in [-0.4, -0.2) is 0 Å². The van der Waals surface area contributed by atoms with Gasteiger partial charge in [0.15, 0.2) is 0 Å². The molecule has 1 aromatic rings. The molecule has 0 saturated heterocycles. The monoisotopic (exact) mass is 173 g/mol. The van der Waals surface area contributed by atoms with E-state index in [-0.39, 0.29) is 5.82 Å². The fraction of sp³-hybridized carbons (Fsp3) is 0. The number of rotatable bonds is 3. The van der Waals surface area contributed by atoms with Gasteiger partial charge in [-0.15, -0.1) is 0 Å². The molecule has 0 aliphatic heterocycles. The molecule has 5 heteroatoms. The number of nitrogens with one attached hydrogen (secondary N) is 2. The summed E-state index contributed by atoms with van der Waals surface area (Å²) in [7, 11) is 0. The molecule has 1 rings (SSSR count). The van der Waals surface area contributed by atoms with Crippen molar-refractivity contribution >= 4 is 17.8 Å². The molecule has 11 heavy (non-hydrogen) atoms. The number of hydrogen-bond donors (Lipinski definition) is 3. The third-order valence-corrected chi connectivity index (χ3v) is 1.51. The second kappa shape index (κ2) is 4.17. The molecule has 0 amide bonds. The first kappa shape index (κ1) is 8.32. The third kappa shape index (κ3) is 2.75. The van der Waals surface area contributed by atoms with Gasteiger partial charge < -0.3 is 4.72 Å². The summed E-state index contributed by atoms with van der Waals surface area (Å²) >= 11 is 1.08. The Hall–Kier alpha value is -0.780. The molecular weight excluding hydrogens is 165 g/mol. The van der Waals surface area contributed by atoms with Gasteiger partial charge in [0.1, 0.15) is 5.82 Å². The topological polar surface area (TPSA) is 50.1 Å². The van der Waals surface area contributed by atoms with Gasteiger partial charge in [0, 0.05) is 17.8 Å². The highest BCUT2D eigenvalue weighted by Gasteiger charge is 1.91. The molecule has 0 saturated carbocycles. The Bertz CT molecular complexity index is 231. The highest BCUT2D eigenvalue weighted by Crippen LogP contribution is 2.11. The quantitative estimate of drug-likeness (QED) is 0.366. The minimum atomic E-state index is -0.271. The summed E-state index contributed by atoms with van der Waals surface area (Å²) in [6, 6.07) is 6.12. The first-order valence-corrected chi connectivity index (χ1v) is 3.77. The van der Waals surface area contributed by atoms with Gasteiger partial charge >= 0.3 is 0 Å². The lowest BCUT2D eigenvalue weighted by Crippen LogP contribution is -2.14. The maximum absolute atomic E-state index is 12.5. The minimum Gasteiger partial charge on any atom is -0.316 e. The van der Waals surface area contributed by atoms with Crippen LogP contribution in [0.25, 0.3) is 0 Å². The summed E-state index contributed by atoms with van der Waals surface area (Å²) in [6.07, 6.45) is 0. The van der Waals surface area contributed by atoms with Crippen LogP contribution in [0.1, 0.15) is 0 Å². The van der Waals surface area contributed by atoms with E-state index in [0.717, 1.165) is 12.1 Å². The molecule has 0 atom stereocenters. The van der Waals surface area contributed by atoms with E-state index in [0.29, 0.717) is 5.69 Å². The van der Waals surface area contributed by atoms with E-state index in [4.69, 9.17) is 5.84 Å². The number of hydrogen-bond acceptors (Lipinski definition) is 4. The van der Waals surface area contributed by atoms with Crippen molar-refractivity contribution in [3.05, 3.63) is 30.1 Å². The molecule has 3 nitrogen and oxygen atoms in total. The Kier molecular flexibility index (Phi) is 3.15. The van der Waals surface area contributed by atoms with Crippen molar-refractivity contribution in [3.63, 3.8) is 0 Å². The Labute approximate surface area is 68.4 Å². The summed E-state index contributed by atoms with van der Waals surface area (Å²) in [6.45, 7) is 0. The third-order valence-electron chi connectivity index (χ3n) is 1.05. The Balaban J connectivity index is 2.56. The van der Waals surface area contributed by atoms with Crippen LogP contribution in [0.4, 0.5) is 10.1 Å². The molecular formula is C6H8FN3S. The standard InChI is InChI=1S/C6H8FN3S/c7-5-2-1-3-6(4-5)9-11-10-8/h1-4,9-10H,8H2. The Morgan fingerprint density at radius 3 is 2.91 bits per heavy atom. The molecule has 0 fully saturated rings. The average molecular weight is 173 g/mol. The van der Waals surface area contributed by atoms with Crippen molar-refractivity contribution in [2.75, 3.05) is 4.72 Å². The maximum Gasteiger partial charge on any atom is 0.125 e. The number of nitrogens with two attached hydrogens (primary N) is 1. The van der Waals surface area contributed by atoms with Gasteiger partial charge in [0.25, 0.3) is 0 Å². The second-order valence-corrected chi connectivity index (χ2v) is 2.48. The van der Waals surface area contributed by atoms with Crippen molar-refractivity contribution in [1.29, 1.82) is 0 Å². The molecule has 0 aromatic heterocycles. The van der Waals surface area contributed by atoms with Crippen molar-refractivity contribution in [1.82, 2.24) is 4.83 Å². The van der Waals surface area contributed by atoms with Crippen LogP contribution in [0.2, 0.25) is 0 Å². The lowest BCUT2D eigenvalue weighted by molar-refractivity contribution is 0.628. The lowest BCUT2D eigenvalue weighted by atomic mass is 10.3. The summed E-state index contributed by atoms with van der Waals surface area (Å²) in [5.41, 5.74) is 0.674. The predicted octanol–water partition coefficient (Wildman–Crippen LogP) is 1.26. The zero-order chi connectivity index (χ0) is 8.10. The van der Waals surface area contributed by atoms with Gasteiger partial charge in [-0.05, 0) is 18.2 Å². The molecule has 60 valence electrons.